The zero-order chi connectivity index (χ0) is 42.9. The molecule has 0 saturated carbocycles. The first-order chi connectivity index (χ1) is 29.8. The molecule has 13 heteroatoms. The molecule has 4 aromatic heterocycles. The van der Waals surface area contributed by atoms with Crippen molar-refractivity contribution in [1.82, 2.24) is 19.1 Å². The predicted octanol–water partition coefficient (Wildman–Crippen LogP) is 9.72. The number of nitrogens with zero attached hydrogens (tertiary/aromatic N) is 5. The van der Waals surface area contributed by atoms with Crippen molar-refractivity contribution in [2.75, 3.05) is 48.9 Å². The van der Waals surface area contributed by atoms with E-state index < -0.39 is 11.6 Å². The number of aromatic nitrogens is 4. The number of nitrogens with one attached hydrogen (secondary N) is 2. The molecule has 61 heavy (non-hydrogen) atoms. The smallest absolute Gasteiger partial charge is 0.252 e. The first-order valence-electron chi connectivity index (χ1n) is 19.9. The van der Waals surface area contributed by atoms with Crippen LogP contribution in [0, 0.1) is 18.6 Å². The fourth-order valence-corrected chi connectivity index (χ4v) is 7.00. The number of benzene rings is 4. The van der Waals surface area contributed by atoms with Crippen LogP contribution < -0.4 is 31.1 Å². The van der Waals surface area contributed by atoms with Crippen molar-refractivity contribution < 1.29 is 18.3 Å². The fraction of sp³-hybridized carbons (Fsp3) is 0.167. The quantitative estimate of drug-likeness (QED) is 0.155. The third-order valence-corrected chi connectivity index (χ3v) is 9.84. The lowest BCUT2D eigenvalue weighted by Gasteiger charge is -2.29. The second kappa shape index (κ2) is 19.1. The summed E-state index contributed by atoms with van der Waals surface area (Å²) in [5.41, 5.74) is 3.68. The van der Waals surface area contributed by atoms with Gasteiger partial charge >= 0.3 is 0 Å². The van der Waals surface area contributed by atoms with Crippen LogP contribution in [0.25, 0.3) is 33.4 Å². The van der Waals surface area contributed by atoms with Gasteiger partial charge in [0, 0.05) is 53.5 Å². The molecule has 0 atom stereocenters. The summed E-state index contributed by atoms with van der Waals surface area (Å²) < 4.78 is 43.6. The molecule has 0 unspecified atom stereocenters. The highest BCUT2D eigenvalue weighted by Crippen LogP contribution is 2.31. The largest absolute Gasteiger partial charge is 0.479 e. The van der Waals surface area contributed by atoms with Gasteiger partial charge in [0.25, 0.3) is 5.88 Å². The van der Waals surface area contributed by atoms with Crippen molar-refractivity contribution in [3.05, 3.63) is 177 Å². The molecule has 0 aliphatic carbocycles. The average Bonchev–Trinajstić information content (AvgIpc) is 3.30. The second-order valence-corrected chi connectivity index (χ2v) is 13.6. The molecule has 8 aromatic rings. The van der Waals surface area contributed by atoms with E-state index in [-0.39, 0.29) is 33.3 Å². The lowest BCUT2D eigenvalue weighted by molar-refractivity contribution is 0.122. The normalized spacial score (nSPS) is 12.2. The van der Waals surface area contributed by atoms with Crippen molar-refractivity contribution in [2.24, 2.45) is 0 Å². The number of aryl methyl sites for hydroxylation is 1. The SMILES string of the molecule is CC.COc1nc2c(cc1F)c(=O)cc(Nc1ccccc1)n2-c1ccccc1.Cc1c(F)c(N2CCOCC2)nc2c1c(=O)cc(Nc1ccccc1)n2-c1ccccc1. The van der Waals surface area contributed by atoms with Crippen molar-refractivity contribution in [3.8, 4) is 17.3 Å². The minimum atomic E-state index is -0.675. The topological polar surface area (TPSA) is 116 Å². The monoisotopic (exact) mass is 821 g/mol. The number of hydrogen-bond donors (Lipinski definition) is 2. The summed E-state index contributed by atoms with van der Waals surface area (Å²) in [7, 11) is 1.34. The van der Waals surface area contributed by atoms with Crippen molar-refractivity contribution in [1.29, 1.82) is 0 Å². The fourth-order valence-electron chi connectivity index (χ4n) is 7.00. The number of rotatable bonds is 8. The Morgan fingerprint density at radius 3 is 1.62 bits per heavy atom. The molecule has 0 bridgehead atoms. The maximum Gasteiger partial charge on any atom is 0.252 e. The molecular weight excluding hydrogens is 777 g/mol. The lowest BCUT2D eigenvalue weighted by atomic mass is 10.1. The zero-order valence-electron chi connectivity index (χ0n) is 34.2. The number of ether oxygens (including phenoxy) is 2. The summed E-state index contributed by atoms with van der Waals surface area (Å²) in [5, 5.41) is 7.03. The van der Waals surface area contributed by atoms with Gasteiger partial charge in [0.05, 0.1) is 31.1 Å². The number of fused-ring (bicyclic) bond motifs is 2. The van der Waals surface area contributed by atoms with Crippen LogP contribution in [0.5, 0.6) is 5.88 Å². The van der Waals surface area contributed by atoms with E-state index in [4.69, 9.17) is 14.5 Å². The summed E-state index contributed by atoms with van der Waals surface area (Å²) in [4.78, 5) is 36.6. The molecule has 0 spiro atoms. The first-order valence-corrected chi connectivity index (χ1v) is 19.9. The molecule has 9 rings (SSSR count). The second-order valence-electron chi connectivity index (χ2n) is 13.6. The van der Waals surface area contributed by atoms with E-state index in [2.05, 4.69) is 15.6 Å². The van der Waals surface area contributed by atoms with Gasteiger partial charge in [0.1, 0.15) is 11.6 Å². The zero-order valence-corrected chi connectivity index (χ0v) is 34.2. The Hall–Kier alpha value is -7.38. The molecule has 1 aliphatic rings. The number of anilines is 5. The summed E-state index contributed by atoms with van der Waals surface area (Å²) in [6, 6.07) is 42.3. The van der Waals surface area contributed by atoms with Crippen LogP contribution in [0.4, 0.5) is 37.6 Å². The van der Waals surface area contributed by atoms with Gasteiger partial charge in [0.15, 0.2) is 39.6 Å². The molecule has 1 fully saturated rings. The standard InChI is InChI=1S/C25H23FN4O2.C21H16FN3O2.C2H6/c1-17-22-20(31)16-21(27-18-8-4-2-5-9-18)30(19-10-6-3-7-11-19)24(22)28-25(23(17)26)29-12-14-32-15-13-29;1-27-21-17(22)12-16-18(26)13-19(23-14-8-4-2-5-9-14)25(20(16)24-21)15-10-6-3-7-11-15;1-2/h2-11,16,27H,12-15H2,1H3;2-13,23H,1H3;1-2H3. The van der Waals surface area contributed by atoms with Crippen molar-refractivity contribution in [3.63, 3.8) is 0 Å². The van der Waals surface area contributed by atoms with E-state index in [1.165, 1.54) is 19.2 Å². The Morgan fingerprint density at radius 2 is 1.11 bits per heavy atom. The van der Waals surface area contributed by atoms with E-state index in [9.17, 15) is 14.0 Å². The van der Waals surface area contributed by atoms with Gasteiger partial charge in [-0.25, -0.2) is 13.8 Å². The van der Waals surface area contributed by atoms with E-state index in [1.54, 1.807) is 11.5 Å². The van der Waals surface area contributed by atoms with Crippen LogP contribution in [-0.4, -0.2) is 52.5 Å². The van der Waals surface area contributed by atoms with E-state index >= 15 is 4.39 Å². The maximum atomic E-state index is 15.4. The summed E-state index contributed by atoms with van der Waals surface area (Å²) >= 11 is 0. The Balaban J connectivity index is 0.000000179. The van der Waals surface area contributed by atoms with Crippen LogP contribution >= 0.6 is 0 Å². The van der Waals surface area contributed by atoms with Crippen LogP contribution in [0.15, 0.2) is 149 Å². The van der Waals surface area contributed by atoms with E-state index in [0.717, 1.165) is 28.8 Å². The number of halogens is 2. The third kappa shape index (κ3) is 8.97. The molecule has 0 radical (unpaired) electrons. The predicted molar refractivity (Wildman–Crippen MR) is 240 cm³/mol. The van der Waals surface area contributed by atoms with E-state index in [1.807, 2.05) is 145 Å². The summed E-state index contributed by atoms with van der Waals surface area (Å²) in [6.07, 6.45) is 0. The molecule has 1 saturated heterocycles. The van der Waals surface area contributed by atoms with Gasteiger partial charge in [-0.1, -0.05) is 86.6 Å². The molecule has 5 heterocycles. The molecule has 2 N–H and O–H groups in total. The first kappa shape index (κ1) is 41.8. The van der Waals surface area contributed by atoms with Gasteiger partial charge in [-0.15, -0.1) is 0 Å². The van der Waals surface area contributed by atoms with Crippen molar-refractivity contribution >= 4 is 50.9 Å². The van der Waals surface area contributed by atoms with Crippen LogP contribution in [0.3, 0.4) is 0 Å². The molecule has 1 aliphatic heterocycles. The number of morpholine rings is 1. The number of hydrogen-bond acceptors (Lipinski definition) is 9. The number of methoxy groups -OCH3 is 1. The van der Waals surface area contributed by atoms with Gasteiger partial charge in [-0.05, 0) is 61.5 Å². The minimum absolute atomic E-state index is 0.163. The summed E-state index contributed by atoms with van der Waals surface area (Å²) in [6.45, 7) is 7.77. The van der Waals surface area contributed by atoms with Crippen LogP contribution in [-0.2, 0) is 4.74 Å². The summed E-state index contributed by atoms with van der Waals surface area (Å²) in [5.74, 6) is 0.0328. The van der Waals surface area contributed by atoms with Gasteiger partial charge < -0.3 is 25.0 Å². The molecular formula is C48H45F2N7O4. The maximum absolute atomic E-state index is 15.4. The van der Waals surface area contributed by atoms with Crippen LogP contribution in [0.1, 0.15) is 19.4 Å². The van der Waals surface area contributed by atoms with Crippen molar-refractivity contribution in [2.45, 2.75) is 20.8 Å². The highest BCUT2D eigenvalue weighted by atomic mass is 19.1. The highest BCUT2D eigenvalue weighted by Gasteiger charge is 2.24. The Morgan fingerprint density at radius 1 is 0.639 bits per heavy atom. The molecule has 11 nitrogen and oxygen atoms in total. The molecule has 310 valence electrons. The lowest BCUT2D eigenvalue weighted by Crippen LogP contribution is -2.37. The third-order valence-electron chi connectivity index (χ3n) is 9.84. The van der Waals surface area contributed by atoms with Crippen LogP contribution in [0.2, 0.25) is 0 Å². The Bertz CT molecular complexity index is 2870. The molecule has 4 aromatic carbocycles. The number of pyridine rings is 4. The van der Waals surface area contributed by atoms with Gasteiger partial charge in [-0.3, -0.25) is 18.7 Å². The van der Waals surface area contributed by atoms with Gasteiger partial charge in [-0.2, -0.15) is 4.98 Å². The Kier molecular flexibility index (Phi) is 13.1. The average molecular weight is 822 g/mol. The Labute approximate surface area is 351 Å². The minimum Gasteiger partial charge on any atom is -0.479 e. The molecule has 0 amide bonds. The number of para-hydroxylation sites is 4. The van der Waals surface area contributed by atoms with Gasteiger partial charge in [0.2, 0.25) is 0 Å². The highest BCUT2D eigenvalue weighted by molar-refractivity contribution is 5.86. The van der Waals surface area contributed by atoms with E-state index in [0.29, 0.717) is 54.8 Å².